The number of hydrogen-bond acceptors (Lipinski definition) is 2. The molecule has 2 rings (SSSR count). The second kappa shape index (κ2) is 10.4. The molecule has 0 aliphatic carbocycles. The molecule has 0 saturated carbocycles. The van der Waals surface area contributed by atoms with Gasteiger partial charge in [0.1, 0.15) is 5.75 Å². The van der Waals surface area contributed by atoms with Crippen LogP contribution in [0, 0.1) is 0 Å². The summed E-state index contributed by atoms with van der Waals surface area (Å²) in [6.07, 6.45) is 3.76. The van der Waals surface area contributed by atoms with E-state index in [-0.39, 0.29) is 12.1 Å². The molecule has 134 valence electrons. The lowest BCUT2D eigenvalue weighted by Crippen LogP contribution is -2.41. The summed E-state index contributed by atoms with van der Waals surface area (Å²) in [5.41, 5.74) is 2.55. The van der Waals surface area contributed by atoms with Crippen molar-refractivity contribution in [2.45, 2.75) is 38.6 Å². The molecule has 2 amide bonds. The van der Waals surface area contributed by atoms with Crippen LogP contribution >= 0.6 is 0 Å². The Labute approximate surface area is 150 Å². The van der Waals surface area contributed by atoms with Crippen molar-refractivity contribution >= 4 is 6.03 Å². The number of carbonyl (C=O) groups is 1. The Kier molecular flexibility index (Phi) is 7.83. The van der Waals surface area contributed by atoms with Crippen molar-refractivity contribution in [3.8, 4) is 5.75 Å². The molecular weight excluding hydrogens is 312 g/mol. The standard InChI is InChI=1S/C21H28N2O2/c1-17(10-11-18-7-4-3-5-8-18)23-21(24)22-16-6-9-19-12-14-20(25-2)15-13-19/h3-5,7-8,12-15,17H,6,9-11,16H2,1-2H3,(H2,22,23,24). The van der Waals surface area contributed by atoms with Gasteiger partial charge in [0, 0.05) is 12.6 Å². The summed E-state index contributed by atoms with van der Waals surface area (Å²) in [6.45, 7) is 2.71. The van der Waals surface area contributed by atoms with Crippen molar-refractivity contribution in [2.24, 2.45) is 0 Å². The molecule has 0 bridgehead atoms. The van der Waals surface area contributed by atoms with Crippen LogP contribution in [0.1, 0.15) is 30.9 Å². The molecule has 0 fully saturated rings. The van der Waals surface area contributed by atoms with Gasteiger partial charge in [-0.05, 0) is 55.9 Å². The molecular formula is C21H28N2O2. The Hall–Kier alpha value is -2.49. The molecule has 0 spiro atoms. The molecule has 25 heavy (non-hydrogen) atoms. The van der Waals surface area contributed by atoms with Crippen molar-refractivity contribution in [2.75, 3.05) is 13.7 Å². The highest BCUT2D eigenvalue weighted by atomic mass is 16.5. The fourth-order valence-electron chi connectivity index (χ4n) is 2.66. The van der Waals surface area contributed by atoms with Gasteiger partial charge in [0.05, 0.1) is 7.11 Å². The summed E-state index contributed by atoms with van der Waals surface area (Å²) in [6, 6.07) is 18.5. The zero-order valence-corrected chi connectivity index (χ0v) is 15.1. The number of rotatable bonds is 9. The lowest BCUT2D eigenvalue weighted by atomic mass is 10.1. The number of urea groups is 1. The largest absolute Gasteiger partial charge is 0.497 e. The van der Waals surface area contributed by atoms with E-state index in [1.165, 1.54) is 11.1 Å². The van der Waals surface area contributed by atoms with Crippen LogP contribution in [0.5, 0.6) is 5.75 Å². The maximum absolute atomic E-state index is 11.9. The summed E-state index contributed by atoms with van der Waals surface area (Å²) in [7, 11) is 1.67. The first-order chi connectivity index (χ1) is 12.2. The van der Waals surface area contributed by atoms with Gasteiger partial charge < -0.3 is 15.4 Å². The summed E-state index contributed by atoms with van der Waals surface area (Å²) in [4.78, 5) is 11.9. The van der Waals surface area contributed by atoms with E-state index in [2.05, 4.69) is 34.9 Å². The lowest BCUT2D eigenvalue weighted by Gasteiger charge is -2.14. The molecule has 0 aliphatic rings. The first kappa shape index (κ1) is 18.8. The molecule has 0 radical (unpaired) electrons. The van der Waals surface area contributed by atoms with Crippen LogP contribution in [0.15, 0.2) is 54.6 Å². The molecule has 0 aliphatic heterocycles. The predicted molar refractivity (Wildman–Crippen MR) is 102 cm³/mol. The molecule has 0 aromatic heterocycles. The van der Waals surface area contributed by atoms with Crippen LogP contribution in [-0.2, 0) is 12.8 Å². The van der Waals surface area contributed by atoms with Crippen LogP contribution in [-0.4, -0.2) is 25.7 Å². The van der Waals surface area contributed by atoms with E-state index in [1.807, 2.05) is 37.3 Å². The highest BCUT2D eigenvalue weighted by molar-refractivity contribution is 5.74. The number of carbonyl (C=O) groups excluding carboxylic acids is 1. The minimum atomic E-state index is -0.0877. The third-order valence-electron chi connectivity index (χ3n) is 4.17. The first-order valence-corrected chi connectivity index (χ1v) is 8.88. The third-order valence-corrected chi connectivity index (χ3v) is 4.17. The minimum absolute atomic E-state index is 0.0877. The summed E-state index contributed by atoms with van der Waals surface area (Å²) >= 11 is 0. The van der Waals surface area contributed by atoms with Crippen LogP contribution in [0.4, 0.5) is 4.79 Å². The lowest BCUT2D eigenvalue weighted by molar-refractivity contribution is 0.237. The van der Waals surface area contributed by atoms with Crippen molar-refractivity contribution in [3.63, 3.8) is 0 Å². The van der Waals surface area contributed by atoms with Gasteiger partial charge >= 0.3 is 6.03 Å². The fourth-order valence-corrected chi connectivity index (χ4v) is 2.66. The SMILES string of the molecule is COc1ccc(CCCNC(=O)NC(C)CCc2ccccc2)cc1. The third kappa shape index (κ3) is 7.29. The zero-order chi connectivity index (χ0) is 17.9. The van der Waals surface area contributed by atoms with Crippen molar-refractivity contribution in [3.05, 3.63) is 65.7 Å². The number of methoxy groups -OCH3 is 1. The zero-order valence-electron chi connectivity index (χ0n) is 15.1. The van der Waals surface area contributed by atoms with Crippen LogP contribution < -0.4 is 15.4 Å². The molecule has 1 atom stereocenters. The second-order valence-electron chi connectivity index (χ2n) is 6.28. The smallest absolute Gasteiger partial charge is 0.314 e. The Balaban J connectivity index is 1.58. The molecule has 2 N–H and O–H groups in total. The van der Waals surface area contributed by atoms with Gasteiger partial charge in [0.15, 0.2) is 0 Å². The van der Waals surface area contributed by atoms with E-state index in [1.54, 1.807) is 7.11 Å². The molecule has 4 heteroatoms. The number of hydrogen-bond donors (Lipinski definition) is 2. The van der Waals surface area contributed by atoms with E-state index in [0.717, 1.165) is 31.4 Å². The van der Waals surface area contributed by atoms with Crippen molar-refractivity contribution in [1.82, 2.24) is 10.6 Å². The van der Waals surface area contributed by atoms with Crippen LogP contribution in [0.3, 0.4) is 0 Å². The summed E-state index contributed by atoms with van der Waals surface area (Å²) in [5.74, 6) is 0.866. The maximum atomic E-state index is 11.9. The van der Waals surface area contributed by atoms with E-state index < -0.39 is 0 Å². The van der Waals surface area contributed by atoms with Crippen molar-refractivity contribution < 1.29 is 9.53 Å². The van der Waals surface area contributed by atoms with Gasteiger partial charge in [-0.1, -0.05) is 42.5 Å². The number of benzene rings is 2. The Morgan fingerprint density at radius 3 is 2.36 bits per heavy atom. The topological polar surface area (TPSA) is 50.4 Å². The van der Waals surface area contributed by atoms with Gasteiger partial charge in [-0.15, -0.1) is 0 Å². The molecule has 0 heterocycles. The normalized spacial score (nSPS) is 11.6. The molecule has 0 saturated heterocycles. The number of aryl methyl sites for hydroxylation is 2. The highest BCUT2D eigenvalue weighted by Crippen LogP contribution is 2.12. The maximum Gasteiger partial charge on any atom is 0.314 e. The molecule has 4 nitrogen and oxygen atoms in total. The van der Waals surface area contributed by atoms with Gasteiger partial charge in [0.25, 0.3) is 0 Å². The average molecular weight is 340 g/mol. The Morgan fingerprint density at radius 1 is 1.00 bits per heavy atom. The minimum Gasteiger partial charge on any atom is -0.497 e. The molecule has 2 aromatic carbocycles. The van der Waals surface area contributed by atoms with Gasteiger partial charge in [0.2, 0.25) is 0 Å². The Morgan fingerprint density at radius 2 is 1.68 bits per heavy atom. The van der Waals surface area contributed by atoms with Gasteiger partial charge in [-0.2, -0.15) is 0 Å². The molecule has 2 aromatic rings. The monoisotopic (exact) mass is 340 g/mol. The second-order valence-corrected chi connectivity index (χ2v) is 6.28. The van der Waals surface area contributed by atoms with Crippen molar-refractivity contribution in [1.29, 1.82) is 0 Å². The summed E-state index contributed by atoms with van der Waals surface area (Å²) in [5, 5.41) is 5.93. The van der Waals surface area contributed by atoms with Crippen LogP contribution in [0.25, 0.3) is 0 Å². The Bertz CT molecular complexity index is 626. The highest BCUT2D eigenvalue weighted by Gasteiger charge is 2.06. The average Bonchev–Trinajstić information content (AvgIpc) is 2.65. The van der Waals surface area contributed by atoms with E-state index in [9.17, 15) is 4.79 Å². The van der Waals surface area contributed by atoms with Gasteiger partial charge in [-0.25, -0.2) is 4.79 Å². The first-order valence-electron chi connectivity index (χ1n) is 8.88. The fraction of sp³-hybridized carbons (Fsp3) is 0.381. The van der Waals surface area contributed by atoms with Crippen LogP contribution in [0.2, 0.25) is 0 Å². The van der Waals surface area contributed by atoms with E-state index in [0.29, 0.717) is 6.54 Å². The number of nitrogens with one attached hydrogen (secondary N) is 2. The van der Waals surface area contributed by atoms with E-state index in [4.69, 9.17) is 4.74 Å². The predicted octanol–water partition coefficient (Wildman–Crippen LogP) is 3.95. The van der Waals surface area contributed by atoms with E-state index >= 15 is 0 Å². The quantitative estimate of drug-likeness (QED) is 0.679. The van der Waals surface area contributed by atoms with Gasteiger partial charge in [-0.3, -0.25) is 0 Å². The number of amides is 2. The molecule has 1 unspecified atom stereocenters. The number of ether oxygens (including phenoxy) is 1. The summed E-state index contributed by atoms with van der Waals surface area (Å²) < 4.78 is 5.15.